The van der Waals surface area contributed by atoms with Gasteiger partial charge in [0.15, 0.2) is 6.61 Å². The standard InChI is InChI=1S/C21H22Br2N2O5/c1-9-3-4-11(5-10(9)2)24-14(26)8-30-15(27)7-25-20(28)16-12-6-13(17(16)21(25)29)19(23)18(12)22/h3-5,12-13,16-19H,6-8H2,1-2H3,(H,24,26)/t12-,13-,16-,17-,18+,19+/m1/s1. The lowest BCUT2D eigenvalue weighted by Gasteiger charge is -2.28. The number of nitrogens with zero attached hydrogens (tertiary/aromatic N) is 1. The molecule has 3 amide bonds. The predicted octanol–water partition coefficient (Wildman–Crippen LogP) is 2.56. The fourth-order valence-corrected chi connectivity index (χ4v) is 6.78. The average Bonchev–Trinajstić information content (AvgIpc) is 3.30. The van der Waals surface area contributed by atoms with Gasteiger partial charge in [-0.25, -0.2) is 0 Å². The summed E-state index contributed by atoms with van der Waals surface area (Å²) in [5.41, 5.74) is 2.75. The first kappa shape index (κ1) is 21.5. The van der Waals surface area contributed by atoms with Gasteiger partial charge in [-0.05, 0) is 55.4 Å². The van der Waals surface area contributed by atoms with Crippen molar-refractivity contribution in [1.82, 2.24) is 4.90 Å². The Kier molecular flexibility index (Phi) is 5.78. The van der Waals surface area contributed by atoms with E-state index in [-0.39, 0.29) is 45.1 Å². The summed E-state index contributed by atoms with van der Waals surface area (Å²) < 4.78 is 5.01. The van der Waals surface area contributed by atoms with E-state index in [4.69, 9.17) is 4.74 Å². The molecule has 1 aliphatic heterocycles. The highest BCUT2D eigenvalue weighted by molar-refractivity contribution is 9.12. The number of alkyl halides is 2. The molecule has 1 N–H and O–H groups in total. The zero-order chi connectivity index (χ0) is 21.7. The van der Waals surface area contributed by atoms with Crippen molar-refractivity contribution in [3.05, 3.63) is 29.3 Å². The van der Waals surface area contributed by atoms with E-state index in [9.17, 15) is 19.2 Å². The third-order valence-corrected chi connectivity index (χ3v) is 9.73. The van der Waals surface area contributed by atoms with E-state index in [1.807, 2.05) is 26.0 Å². The normalized spacial score (nSPS) is 31.8. The maximum Gasteiger partial charge on any atom is 0.326 e. The molecule has 0 radical (unpaired) electrons. The highest BCUT2D eigenvalue weighted by Crippen LogP contribution is 2.60. The van der Waals surface area contributed by atoms with Gasteiger partial charge in [0.2, 0.25) is 11.8 Å². The van der Waals surface area contributed by atoms with Crippen molar-refractivity contribution in [2.24, 2.45) is 23.7 Å². The first-order valence-electron chi connectivity index (χ1n) is 9.85. The number of carbonyl (C=O) groups excluding carboxylic acids is 4. The van der Waals surface area contributed by atoms with E-state index in [0.29, 0.717) is 5.69 Å². The second kappa shape index (κ2) is 8.07. The molecule has 9 heteroatoms. The number of hydrogen-bond donors (Lipinski definition) is 1. The highest BCUT2D eigenvalue weighted by atomic mass is 79.9. The Bertz CT molecular complexity index is 904. The number of benzene rings is 1. The van der Waals surface area contributed by atoms with Gasteiger partial charge in [-0.2, -0.15) is 0 Å². The number of ether oxygens (including phenoxy) is 1. The number of nitrogens with one attached hydrogen (secondary N) is 1. The fraction of sp³-hybridized carbons (Fsp3) is 0.524. The van der Waals surface area contributed by atoms with Crippen LogP contribution in [0, 0.1) is 37.5 Å². The Hall–Kier alpha value is -1.74. The van der Waals surface area contributed by atoms with Crippen LogP contribution in [0.3, 0.4) is 0 Å². The number of rotatable bonds is 5. The minimum absolute atomic E-state index is 0.0885. The molecule has 1 aromatic rings. The van der Waals surface area contributed by atoms with E-state index < -0.39 is 25.0 Å². The number of likely N-dealkylation sites (tertiary alicyclic amines) is 1. The Morgan fingerprint density at radius 2 is 1.67 bits per heavy atom. The summed E-state index contributed by atoms with van der Waals surface area (Å²) in [6, 6.07) is 5.49. The quantitative estimate of drug-likeness (QED) is 0.351. The zero-order valence-corrected chi connectivity index (χ0v) is 19.7. The van der Waals surface area contributed by atoms with Crippen LogP contribution in [0.15, 0.2) is 18.2 Å². The molecule has 1 heterocycles. The van der Waals surface area contributed by atoms with Gasteiger partial charge in [0.25, 0.3) is 5.91 Å². The molecular formula is C21H22Br2N2O5. The molecule has 1 aromatic carbocycles. The molecule has 2 aliphatic carbocycles. The lowest BCUT2D eigenvalue weighted by molar-refractivity contribution is -0.154. The molecule has 1 saturated heterocycles. The summed E-state index contributed by atoms with van der Waals surface area (Å²) in [5, 5.41) is 2.66. The smallest absolute Gasteiger partial charge is 0.326 e. The molecule has 4 rings (SSSR count). The zero-order valence-electron chi connectivity index (χ0n) is 16.6. The first-order chi connectivity index (χ1) is 14.2. The van der Waals surface area contributed by atoms with Crippen LogP contribution in [0.25, 0.3) is 0 Å². The van der Waals surface area contributed by atoms with Crippen molar-refractivity contribution in [2.45, 2.75) is 29.9 Å². The Balaban J connectivity index is 1.31. The van der Waals surface area contributed by atoms with Crippen LogP contribution >= 0.6 is 31.9 Å². The van der Waals surface area contributed by atoms with Crippen molar-refractivity contribution >= 4 is 61.2 Å². The topological polar surface area (TPSA) is 92.8 Å². The summed E-state index contributed by atoms with van der Waals surface area (Å²) in [7, 11) is 0. The molecule has 6 atom stereocenters. The second-order valence-electron chi connectivity index (χ2n) is 8.27. The molecule has 160 valence electrons. The largest absolute Gasteiger partial charge is 0.454 e. The van der Waals surface area contributed by atoms with Crippen LogP contribution in [0.5, 0.6) is 0 Å². The van der Waals surface area contributed by atoms with Gasteiger partial charge in [0.1, 0.15) is 6.54 Å². The lowest BCUT2D eigenvalue weighted by atomic mass is 9.81. The van der Waals surface area contributed by atoms with Crippen molar-refractivity contribution in [2.75, 3.05) is 18.5 Å². The Morgan fingerprint density at radius 3 is 2.23 bits per heavy atom. The van der Waals surface area contributed by atoms with Crippen molar-refractivity contribution in [1.29, 1.82) is 0 Å². The summed E-state index contributed by atoms with van der Waals surface area (Å²) in [4.78, 5) is 51.1. The molecule has 2 saturated carbocycles. The van der Waals surface area contributed by atoms with Crippen molar-refractivity contribution in [3.63, 3.8) is 0 Å². The molecule has 0 aromatic heterocycles. The summed E-state index contributed by atoms with van der Waals surface area (Å²) in [6.07, 6.45) is 0.829. The van der Waals surface area contributed by atoms with Gasteiger partial charge in [0.05, 0.1) is 11.8 Å². The number of hydrogen-bond acceptors (Lipinski definition) is 5. The van der Waals surface area contributed by atoms with E-state index in [0.717, 1.165) is 22.4 Å². The van der Waals surface area contributed by atoms with Crippen LogP contribution in [-0.2, 0) is 23.9 Å². The molecule has 30 heavy (non-hydrogen) atoms. The lowest BCUT2D eigenvalue weighted by Crippen LogP contribution is -2.38. The fourth-order valence-electron chi connectivity index (χ4n) is 4.90. The predicted molar refractivity (Wildman–Crippen MR) is 116 cm³/mol. The van der Waals surface area contributed by atoms with Gasteiger partial charge in [-0.1, -0.05) is 37.9 Å². The minimum Gasteiger partial charge on any atom is -0.454 e. The van der Waals surface area contributed by atoms with Gasteiger partial charge in [-0.15, -0.1) is 0 Å². The van der Waals surface area contributed by atoms with Crippen LogP contribution in [0.2, 0.25) is 0 Å². The van der Waals surface area contributed by atoms with E-state index in [1.54, 1.807) is 6.07 Å². The highest BCUT2D eigenvalue weighted by Gasteiger charge is 2.66. The van der Waals surface area contributed by atoms with Gasteiger partial charge in [0, 0.05) is 15.3 Å². The molecule has 3 aliphatic rings. The number of amides is 3. The van der Waals surface area contributed by atoms with Crippen LogP contribution in [0.4, 0.5) is 5.69 Å². The third-order valence-electron chi connectivity index (χ3n) is 6.52. The van der Waals surface area contributed by atoms with Gasteiger partial charge >= 0.3 is 5.97 Å². The molecule has 3 fully saturated rings. The first-order valence-corrected chi connectivity index (χ1v) is 11.7. The SMILES string of the molecule is Cc1ccc(NC(=O)COC(=O)CN2C(=O)[C@@H]3[C@H]4C[C@@H]([C@H](Br)[C@H]4Br)[C@H]3C2=O)cc1C. The third kappa shape index (κ3) is 3.60. The Morgan fingerprint density at radius 1 is 1.07 bits per heavy atom. The monoisotopic (exact) mass is 540 g/mol. The number of carbonyl (C=O) groups is 4. The van der Waals surface area contributed by atoms with E-state index >= 15 is 0 Å². The number of aryl methyl sites for hydroxylation is 2. The molecule has 0 spiro atoms. The maximum atomic E-state index is 12.8. The molecule has 0 unspecified atom stereocenters. The number of esters is 1. The number of halogens is 2. The summed E-state index contributed by atoms with van der Waals surface area (Å²) in [5.74, 6) is -2.44. The minimum atomic E-state index is -0.773. The maximum absolute atomic E-state index is 12.8. The van der Waals surface area contributed by atoms with E-state index in [1.165, 1.54) is 0 Å². The second-order valence-corrected chi connectivity index (χ2v) is 10.4. The number of fused-ring (bicyclic) bond motifs is 5. The van der Waals surface area contributed by atoms with Crippen LogP contribution < -0.4 is 5.32 Å². The Labute approximate surface area is 191 Å². The van der Waals surface area contributed by atoms with Crippen LogP contribution in [0.1, 0.15) is 17.5 Å². The molecular weight excluding hydrogens is 520 g/mol. The average molecular weight is 542 g/mol. The number of anilines is 1. The number of imide groups is 1. The van der Waals surface area contributed by atoms with Crippen LogP contribution in [-0.4, -0.2) is 51.4 Å². The van der Waals surface area contributed by atoms with Gasteiger partial charge < -0.3 is 10.1 Å². The van der Waals surface area contributed by atoms with Gasteiger partial charge in [-0.3, -0.25) is 24.1 Å². The van der Waals surface area contributed by atoms with Crippen molar-refractivity contribution < 1.29 is 23.9 Å². The van der Waals surface area contributed by atoms with E-state index in [2.05, 4.69) is 37.2 Å². The molecule has 7 nitrogen and oxygen atoms in total. The molecule has 2 bridgehead atoms. The summed E-state index contributed by atoms with van der Waals surface area (Å²) >= 11 is 7.25. The van der Waals surface area contributed by atoms with Crippen molar-refractivity contribution in [3.8, 4) is 0 Å². The summed E-state index contributed by atoms with van der Waals surface area (Å²) in [6.45, 7) is 2.97.